The van der Waals surface area contributed by atoms with Gasteiger partial charge in [-0.15, -0.1) is 0 Å². The van der Waals surface area contributed by atoms with Crippen molar-refractivity contribution in [3.8, 4) is 0 Å². The molecule has 0 unspecified atom stereocenters. The van der Waals surface area contributed by atoms with Crippen LogP contribution in [0.25, 0.3) is 10.8 Å². The summed E-state index contributed by atoms with van der Waals surface area (Å²) in [6, 6.07) is 9.55. The molecule has 1 aromatic heterocycles. The van der Waals surface area contributed by atoms with Crippen LogP contribution < -0.4 is 11.3 Å². The number of hydrogen-bond acceptors (Lipinski definition) is 2. The molecule has 3 nitrogen and oxygen atoms in total. The van der Waals surface area contributed by atoms with Crippen LogP contribution in [0, 0.1) is 0 Å². The molecule has 0 bridgehead atoms. The molecule has 84 valence electrons. The zero-order valence-electron chi connectivity index (χ0n) is 9.60. The summed E-state index contributed by atoms with van der Waals surface area (Å²) >= 11 is 0. The number of nitrogens with two attached hydrogens (primary N) is 1. The Labute approximate surface area is 94.5 Å². The summed E-state index contributed by atoms with van der Waals surface area (Å²) in [4.78, 5) is 12.2. The highest BCUT2D eigenvalue weighted by atomic mass is 16.1. The molecule has 0 radical (unpaired) electrons. The first-order chi connectivity index (χ1) is 7.56. The summed E-state index contributed by atoms with van der Waals surface area (Å²) in [5, 5.41) is 1.71. The number of hydrogen-bond donors (Lipinski definition) is 1. The van der Waals surface area contributed by atoms with Crippen molar-refractivity contribution in [3.05, 3.63) is 46.9 Å². The molecular weight excluding hydrogens is 200 g/mol. The first-order valence-corrected chi connectivity index (χ1v) is 5.37. The van der Waals surface area contributed by atoms with E-state index in [1.807, 2.05) is 50.4 Å². The van der Waals surface area contributed by atoms with Crippen LogP contribution in [0.2, 0.25) is 0 Å². The minimum absolute atomic E-state index is 0.0218. The van der Waals surface area contributed by atoms with Crippen LogP contribution in [0.4, 0.5) is 0 Å². The van der Waals surface area contributed by atoms with E-state index >= 15 is 0 Å². The maximum atomic E-state index is 12.2. The molecule has 3 heteroatoms. The first kappa shape index (κ1) is 10.9. The molecule has 2 rings (SSSR count). The molecule has 0 fully saturated rings. The van der Waals surface area contributed by atoms with Crippen molar-refractivity contribution in [2.45, 2.75) is 19.4 Å². The number of nitrogens with zero attached hydrogens (tertiary/aromatic N) is 1. The molecular formula is C13H16N2O. The fraction of sp³-hybridized carbons (Fsp3) is 0.308. The van der Waals surface area contributed by atoms with Gasteiger partial charge < -0.3 is 10.3 Å². The Morgan fingerprint density at radius 3 is 2.62 bits per heavy atom. The second-order valence-corrected chi connectivity index (χ2v) is 4.59. The average Bonchev–Trinajstić information content (AvgIpc) is 2.29. The van der Waals surface area contributed by atoms with Crippen molar-refractivity contribution in [1.82, 2.24) is 4.57 Å². The predicted octanol–water partition coefficient (Wildman–Crippen LogP) is 1.70. The Balaban J connectivity index is 2.76. The fourth-order valence-corrected chi connectivity index (χ4v) is 1.76. The van der Waals surface area contributed by atoms with E-state index in [9.17, 15) is 4.79 Å². The third-order valence-electron chi connectivity index (χ3n) is 2.96. The summed E-state index contributed by atoms with van der Waals surface area (Å²) in [6.07, 6.45) is 1.82. The molecule has 0 aliphatic heterocycles. The molecule has 0 saturated heterocycles. The molecule has 0 saturated carbocycles. The molecule has 0 spiro atoms. The van der Waals surface area contributed by atoms with E-state index in [0.29, 0.717) is 6.54 Å². The molecule has 0 aliphatic rings. The normalized spacial score (nSPS) is 11.9. The van der Waals surface area contributed by atoms with Gasteiger partial charge in [-0.1, -0.05) is 18.2 Å². The van der Waals surface area contributed by atoms with Gasteiger partial charge in [0, 0.05) is 18.1 Å². The van der Waals surface area contributed by atoms with Gasteiger partial charge in [-0.25, -0.2) is 0 Å². The van der Waals surface area contributed by atoms with Crippen molar-refractivity contribution < 1.29 is 0 Å². The smallest absolute Gasteiger partial charge is 0.258 e. The second kappa shape index (κ2) is 3.76. The van der Waals surface area contributed by atoms with Gasteiger partial charge in [-0.05, 0) is 31.4 Å². The molecule has 0 atom stereocenters. The van der Waals surface area contributed by atoms with E-state index in [1.165, 1.54) is 0 Å². The van der Waals surface area contributed by atoms with E-state index < -0.39 is 0 Å². The van der Waals surface area contributed by atoms with Crippen LogP contribution in [0.3, 0.4) is 0 Å². The van der Waals surface area contributed by atoms with Crippen molar-refractivity contribution in [2.75, 3.05) is 6.54 Å². The Morgan fingerprint density at radius 2 is 1.94 bits per heavy atom. The lowest BCUT2D eigenvalue weighted by Gasteiger charge is -2.26. The van der Waals surface area contributed by atoms with E-state index in [4.69, 9.17) is 5.73 Å². The number of pyridine rings is 1. The zero-order chi connectivity index (χ0) is 11.8. The summed E-state index contributed by atoms with van der Waals surface area (Å²) in [5.74, 6) is 0. The first-order valence-electron chi connectivity index (χ1n) is 5.37. The van der Waals surface area contributed by atoms with Crippen molar-refractivity contribution in [3.63, 3.8) is 0 Å². The average molecular weight is 216 g/mol. The fourth-order valence-electron chi connectivity index (χ4n) is 1.76. The molecule has 2 N–H and O–H groups in total. The van der Waals surface area contributed by atoms with Gasteiger partial charge in [0.25, 0.3) is 5.56 Å². The Kier molecular flexibility index (Phi) is 2.56. The monoisotopic (exact) mass is 216 g/mol. The third kappa shape index (κ3) is 1.63. The molecule has 2 aromatic rings. The Hall–Kier alpha value is -1.61. The SMILES string of the molecule is CC(C)(CN)n1ccc2ccccc2c1=O. The van der Waals surface area contributed by atoms with Gasteiger partial charge in [0.05, 0.1) is 5.54 Å². The van der Waals surface area contributed by atoms with Gasteiger partial charge in [0.15, 0.2) is 0 Å². The number of fused-ring (bicyclic) bond motifs is 1. The lowest BCUT2D eigenvalue weighted by Crippen LogP contribution is -2.41. The topological polar surface area (TPSA) is 48.0 Å². The van der Waals surface area contributed by atoms with Crippen molar-refractivity contribution in [1.29, 1.82) is 0 Å². The summed E-state index contributed by atoms with van der Waals surface area (Å²) in [5.41, 5.74) is 5.37. The predicted molar refractivity (Wildman–Crippen MR) is 66.6 cm³/mol. The molecule has 1 aromatic carbocycles. The summed E-state index contributed by atoms with van der Waals surface area (Å²) < 4.78 is 1.70. The van der Waals surface area contributed by atoms with Gasteiger partial charge >= 0.3 is 0 Å². The molecule has 0 amide bonds. The van der Waals surface area contributed by atoms with Gasteiger partial charge in [-0.2, -0.15) is 0 Å². The van der Waals surface area contributed by atoms with Crippen LogP contribution >= 0.6 is 0 Å². The Bertz CT molecular complexity index is 569. The van der Waals surface area contributed by atoms with Gasteiger partial charge in [0.1, 0.15) is 0 Å². The minimum atomic E-state index is -0.346. The van der Waals surface area contributed by atoms with Crippen LogP contribution in [0.5, 0.6) is 0 Å². The molecule has 16 heavy (non-hydrogen) atoms. The summed E-state index contributed by atoms with van der Waals surface area (Å²) in [7, 11) is 0. The summed E-state index contributed by atoms with van der Waals surface area (Å²) in [6.45, 7) is 4.36. The molecule has 1 heterocycles. The highest BCUT2D eigenvalue weighted by Crippen LogP contribution is 2.14. The highest BCUT2D eigenvalue weighted by molar-refractivity contribution is 5.81. The van der Waals surface area contributed by atoms with E-state index in [0.717, 1.165) is 10.8 Å². The third-order valence-corrected chi connectivity index (χ3v) is 2.96. The largest absolute Gasteiger partial charge is 0.328 e. The maximum Gasteiger partial charge on any atom is 0.258 e. The van der Waals surface area contributed by atoms with Gasteiger partial charge in [0.2, 0.25) is 0 Å². The number of benzene rings is 1. The standard InChI is InChI=1S/C13H16N2O/c1-13(2,9-14)15-8-7-10-5-3-4-6-11(10)12(15)16/h3-8H,9,14H2,1-2H3. The van der Waals surface area contributed by atoms with Crippen molar-refractivity contribution in [2.24, 2.45) is 5.73 Å². The second-order valence-electron chi connectivity index (χ2n) is 4.59. The lowest BCUT2D eigenvalue weighted by molar-refractivity contribution is 0.357. The zero-order valence-corrected chi connectivity index (χ0v) is 9.60. The van der Waals surface area contributed by atoms with E-state index in [1.54, 1.807) is 4.57 Å². The van der Waals surface area contributed by atoms with Crippen LogP contribution in [-0.2, 0) is 5.54 Å². The molecule has 0 aliphatic carbocycles. The van der Waals surface area contributed by atoms with Crippen LogP contribution in [-0.4, -0.2) is 11.1 Å². The quantitative estimate of drug-likeness (QED) is 0.830. The number of rotatable bonds is 2. The lowest BCUT2D eigenvalue weighted by atomic mass is 10.0. The minimum Gasteiger partial charge on any atom is -0.328 e. The van der Waals surface area contributed by atoms with Gasteiger partial charge in [-0.3, -0.25) is 4.79 Å². The number of aromatic nitrogens is 1. The Morgan fingerprint density at radius 1 is 1.25 bits per heavy atom. The van der Waals surface area contributed by atoms with Crippen molar-refractivity contribution >= 4 is 10.8 Å². The van der Waals surface area contributed by atoms with E-state index in [2.05, 4.69) is 0 Å². The highest BCUT2D eigenvalue weighted by Gasteiger charge is 2.19. The maximum absolute atomic E-state index is 12.2. The van der Waals surface area contributed by atoms with Crippen LogP contribution in [0.1, 0.15) is 13.8 Å². The van der Waals surface area contributed by atoms with Crippen LogP contribution in [0.15, 0.2) is 41.3 Å². The van der Waals surface area contributed by atoms with E-state index in [-0.39, 0.29) is 11.1 Å².